The van der Waals surface area contributed by atoms with Crippen LogP contribution < -0.4 is 0 Å². The Morgan fingerprint density at radius 3 is 1.80 bits per heavy atom. The lowest BCUT2D eigenvalue weighted by Gasteiger charge is -2.33. The molecule has 2 unspecified atom stereocenters. The summed E-state index contributed by atoms with van der Waals surface area (Å²) in [4.78, 5) is 49.4. The first-order valence-corrected chi connectivity index (χ1v) is 8.08. The predicted octanol–water partition coefficient (Wildman–Crippen LogP) is 1.38. The van der Waals surface area contributed by atoms with Gasteiger partial charge in [0.25, 0.3) is 0 Å². The minimum Gasteiger partial charge on any atom is -0.508 e. The minimum absolute atomic E-state index is 0.0161. The molecule has 1 aromatic carbocycles. The van der Waals surface area contributed by atoms with Crippen LogP contribution in [0.2, 0.25) is 0 Å². The summed E-state index contributed by atoms with van der Waals surface area (Å²) in [6, 6.07) is 5.68. The molecule has 0 saturated heterocycles. The van der Waals surface area contributed by atoms with Gasteiger partial charge in [-0.25, -0.2) is 0 Å². The molecular weight excluding hydrogens is 328 g/mol. The normalized spacial score (nSPS) is 23.2. The highest BCUT2D eigenvalue weighted by atomic mass is 16.5. The lowest BCUT2D eigenvalue weighted by molar-refractivity contribution is -0.161. The van der Waals surface area contributed by atoms with Crippen molar-refractivity contribution in [3.05, 3.63) is 29.8 Å². The van der Waals surface area contributed by atoms with Gasteiger partial charge in [0.1, 0.15) is 17.6 Å². The van der Waals surface area contributed by atoms with Gasteiger partial charge in [-0.1, -0.05) is 12.1 Å². The number of phenolic OH excluding ortho intramolecular Hbond substituents is 1. The molecule has 1 fully saturated rings. The van der Waals surface area contributed by atoms with Crippen molar-refractivity contribution < 1.29 is 33.8 Å². The fraction of sp³-hybridized carbons (Fsp3) is 0.444. The van der Waals surface area contributed by atoms with Gasteiger partial charge in [0.2, 0.25) is 0 Å². The Hall–Kier alpha value is -2.70. The summed E-state index contributed by atoms with van der Waals surface area (Å²) in [6.07, 6.45) is -0.512. The maximum absolute atomic E-state index is 12.4. The quantitative estimate of drug-likeness (QED) is 0.632. The smallest absolute Gasteiger partial charge is 0.317 e. The number of carbonyl (C=O) groups excluding carboxylic acids is 4. The van der Waals surface area contributed by atoms with E-state index in [0.29, 0.717) is 5.56 Å². The minimum atomic E-state index is -1.27. The van der Waals surface area contributed by atoms with E-state index in [0.717, 1.165) is 0 Å². The van der Waals surface area contributed by atoms with Crippen LogP contribution in [0.1, 0.15) is 31.7 Å². The van der Waals surface area contributed by atoms with Crippen molar-refractivity contribution in [3.63, 3.8) is 0 Å². The van der Waals surface area contributed by atoms with Crippen molar-refractivity contribution in [2.75, 3.05) is 13.2 Å². The fourth-order valence-corrected chi connectivity index (χ4v) is 3.09. The third kappa shape index (κ3) is 3.87. The highest BCUT2D eigenvalue weighted by Crippen LogP contribution is 2.40. The monoisotopic (exact) mass is 348 g/mol. The van der Waals surface area contributed by atoms with E-state index in [9.17, 15) is 24.3 Å². The van der Waals surface area contributed by atoms with E-state index in [2.05, 4.69) is 0 Å². The van der Waals surface area contributed by atoms with E-state index in [4.69, 9.17) is 9.47 Å². The number of esters is 2. The summed E-state index contributed by atoms with van der Waals surface area (Å²) in [6.45, 7) is 3.36. The molecule has 0 radical (unpaired) electrons. The first kappa shape index (κ1) is 18.6. The molecule has 1 saturated carbocycles. The Morgan fingerprint density at radius 2 is 1.40 bits per heavy atom. The van der Waals surface area contributed by atoms with Crippen LogP contribution in [-0.2, 0) is 28.7 Å². The van der Waals surface area contributed by atoms with Crippen LogP contribution in [0, 0.1) is 11.8 Å². The molecule has 0 heterocycles. The van der Waals surface area contributed by atoms with Gasteiger partial charge in [-0.05, 0) is 31.5 Å². The number of phenols is 1. The maximum Gasteiger partial charge on any atom is 0.317 e. The first-order valence-electron chi connectivity index (χ1n) is 8.08. The molecule has 2 atom stereocenters. The predicted molar refractivity (Wildman–Crippen MR) is 85.7 cm³/mol. The number of benzene rings is 1. The van der Waals surface area contributed by atoms with E-state index < -0.39 is 47.7 Å². The second kappa shape index (κ2) is 7.92. The average Bonchev–Trinajstić information content (AvgIpc) is 2.55. The molecule has 7 heteroatoms. The summed E-state index contributed by atoms with van der Waals surface area (Å²) in [5.74, 6) is -6.28. The summed E-state index contributed by atoms with van der Waals surface area (Å²) >= 11 is 0. The molecule has 1 aliphatic carbocycles. The Bertz CT molecular complexity index is 641. The van der Waals surface area contributed by atoms with Crippen molar-refractivity contribution in [1.29, 1.82) is 0 Å². The third-order valence-electron chi connectivity index (χ3n) is 4.12. The van der Waals surface area contributed by atoms with Crippen LogP contribution >= 0.6 is 0 Å². The molecule has 134 valence electrons. The molecule has 1 N–H and O–H groups in total. The molecular formula is C18H20O7. The van der Waals surface area contributed by atoms with Crippen molar-refractivity contribution >= 4 is 23.5 Å². The number of ether oxygens (including phenoxy) is 2. The SMILES string of the molecule is CCOC(=O)C1C(=O)CC(=O)C(C(=O)OCC)C1c1ccc(O)cc1. The molecule has 0 amide bonds. The molecule has 2 rings (SSSR count). The number of hydrogen-bond donors (Lipinski definition) is 1. The van der Waals surface area contributed by atoms with E-state index in [1.807, 2.05) is 0 Å². The molecule has 1 aliphatic rings. The molecule has 1 aromatic rings. The number of rotatable bonds is 5. The van der Waals surface area contributed by atoms with E-state index in [1.165, 1.54) is 24.3 Å². The molecule has 7 nitrogen and oxygen atoms in total. The fourth-order valence-electron chi connectivity index (χ4n) is 3.09. The Kier molecular flexibility index (Phi) is 5.90. The second-order valence-electron chi connectivity index (χ2n) is 5.69. The molecule has 0 aliphatic heterocycles. The van der Waals surface area contributed by atoms with E-state index >= 15 is 0 Å². The zero-order valence-electron chi connectivity index (χ0n) is 14.1. The highest BCUT2D eigenvalue weighted by molar-refractivity contribution is 6.16. The van der Waals surface area contributed by atoms with Gasteiger partial charge in [0, 0.05) is 5.92 Å². The van der Waals surface area contributed by atoms with E-state index in [1.54, 1.807) is 13.8 Å². The van der Waals surface area contributed by atoms with Crippen LogP contribution in [0.4, 0.5) is 0 Å². The molecule has 0 bridgehead atoms. The van der Waals surface area contributed by atoms with E-state index in [-0.39, 0.29) is 19.0 Å². The zero-order valence-corrected chi connectivity index (χ0v) is 14.1. The van der Waals surface area contributed by atoms with Gasteiger partial charge in [-0.15, -0.1) is 0 Å². The third-order valence-corrected chi connectivity index (χ3v) is 4.12. The standard InChI is InChI=1S/C18H20O7/c1-3-24-17(22)15-12(20)9-13(21)16(18(23)25-4-2)14(15)10-5-7-11(19)8-6-10/h5-8,14-16,19H,3-4,9H2,1-2H3. The van der Waals surface area contributed by atoms with Crippen LogP contribution in [0.5, 0.6) is 5.75 Å². The van der Waals surface area contributed by atoms with Gasteiger partial charge in [-0.3, -0.25) is 19.2 Å². The summed E-state index contributed by atoms with van der Waals surface area (Å²) in [7, 11) is 0. The van der Waals surface area contributed by atoms with Crippen molar-refractivity contribution in [3.8, 4) is 5.75 Å². The average molecular weight is 348 g/mol. The largest absolute Gasteiger partial charge is 0.508 e. The number of Topliss-reactive ketones (excluding diaryl/α,β-unsaturated/α-hetero) is 2. The Balaban J connectivity index is 2.53. The van der Waals surface area contributed by atoms with Crippen molar-refractivity contribution in [2.45, 2.75) is 26.2 Å². The Morgan fingerprint density at radius 1 is 0.960 bits per heavy atom. The van der Waals surface area contributed by atoms with Crippen LogP contribution in [0.15, 0.2) is 24.3 Å². The summed E-state index contributed by atoms with van der Waals surface area (Å²) in [5, 5.41) is 9.46. The van der Waals surface area contributed by atoms with Gasteiger partial charge < -0.3 is 14.6 Å². The van der Waals surface area contributed by atoms with Gasteiger partial charge in [0.05, 0.1) is 19.6 Å². The van der Waals surface area contributed by atoms with Crippen molar-refractivity contribution in [2.24, 2.45) is 11.8 Å². The van der Waals surface area contributed by atoms with Gasteiger partial charge in [0.15, 0.2) is 11.6 Å². The maximum atomic E-state index is 12.4. The van der Waals surface area contributed by atoms with Gasteiger partial charge >= 0.3 is 11.9 Å². The van der Waals surface area contributed by atoms with Crippen LogP contribution in [0.3, 0.4) is 0 Å². The highest BCUT2D eigenvalue weighted by Gasteiger charge is 2.52. The zero-order chi connectivity index (χ0) is 18.6. The van der Waals surface area contributed by atoms with Gasteiger partial charge in [-0.2, -0.15) is 0 Å². The number of ketones is 2. The molecule has 0 aromatic heterocycles. The topological polar surface area (TPSA) is 107 Å². The molecule has 0 spiro atoms. The molecule has 25 heavy (non-hydrogen) atoms. The lowest BCUT2D eigenvalue weighted by atomic mass is 9.67. The number of carbonyl (C=O) groups is 4. The van der Waals surface area contributed by atoms with Crippen LogP contribution in [0.25, 0.3) is 0 Å². The lowest BCUT2D eigenvalue weighted by Crippen LogP contribution is -2.47. The van der Waals surface area contributed by atoms with Crippen molar-refractivity contribution in [1.82, 2.24) is 0 Å². The summed E-state index contributed by atoms with van der Waals surface area (Å²) in [5.41, 5.74) is 0.412. The second-order valence-corrected chi connectivity index (χ2v) is 5.69. The summed E-state index contributed by atoms with van der Waals surface area (Å²) < 4.78 is 9.96. The van der Waals surface area contributed by atoms with Crippen LogP contribution in [-0.4, -0.2) is 41.8 Å². The number of aromatic hydroxyl groups is 1. The number of hydrogen-bond acceptors (Lipinski definition) is 7. The first-order chi connectivity index (χ1) is 11.9. The Labute approximate surface area is 144 Å².